The highest BCUT2D eigenvalue weighted by Gasteiger charge is 2.22. The lowest BCUT2D eigenvalue weighted by atomic mass is 10.2. The molecule has 1 fully saturated rings. The Hall–Kier alpha value is -0.870. The highest BCUT2D eigenvalue weighted by atomic mass is 32.2. The molecule has 0 N–H and O–H groups in total. The number of hydrogen-bond donors (Lipinski definition) is 0. The molecule has 0 aliphatic carbocycles. The molecule has 1 aliphatic rings. The Kier molecular flexibility index (Phi) is 3.38. The molecule has 0 spiro atoms. The van der Waals surface area contributed by atoms with Gasteiger partial charge in [0, 0.05) is 11.3 Å². The zero-order chi connectivity index (χ0) is 10.7. The van der Waals surface area contributed by atoms with Crippen LogP contribution < -0.4 is 9.47 Å². The van der Waals surface area contributed by atoms with Gasteiger partial charge in [0.05, 0.1) is 20.8 Å². The van der Waals surface area contributed by atoms with Crippen LogP contribution in [0.2, 0.25) is 0 Å². The Balaban J connectivity index is 2.32. The van der Waals surface area contributed by atoms with Crippen LogP contribution in [0.25, 0.3) is 0 Å². The van der Waals surface area contributed by atoms with E-state index in [0.29, 0.717) is 0 Å². The molecule has 82 valence electrons. The molecule has 0 amide bonds. The van der Waals surface area contributed by atoms with E-state index in [1.54, 1.807) is 26.0 Å². The standard InChI is InChI=1S/C11H14O3S/c1-12-8-3-4-10(13-2)9(7-8)11-14-5-6-15-11/h3-4,7,11H,5-6H2,1-2H3. The van der Waals surface area contributed by atoms with Crippen molar-refractivity contribution in [2.75, 3.05) is 26.6 Å². The Bertz CT molecular complexity index is 335. The third kappa shape index (κ3) is 2.21. The van der Waals surface area contributed by atoms with Crippen LogP contribution in [0.4, 0.5) is 0 Å². The summed E-state index contributed by atoms with van der Waals surface area (Å²) in [4.78, 5) is 0. The third-order valence-corrected chi connectivity index (χ3v) is 3.41. The van der Waals surface area contributed by atoms with Crippen LogP contribution >= 0.6 is 11.8 Å². The lowest BCUT2D eigenvalue weighted by Gasteiger charge is -2.14. The van der Waals surface area contributed by atoms with Crippen LogP contribution in [-0.4, -0.2) is 26.6 Å². The summed E-state index contributed by atoms with van der Waals surface area (Å²) < 4.78 is 16.1. The minimum Gasteiger partial charge on any atom is -0.497 e. The van der Waals surface area contributed by atoms with Crippen molar-refractivity contribution in [3.05, 3.63) is 23.8 Å². The largest absolute Gasteiger partial charge is 0.497 e. The van der Waals surface area contributed by atoms with Crippen molar-refractivity contribution in [3.8, 4) is 11.5 Å². The van der Waals surface area contributed by atoms with Gasteiger partial charge in [-0.1, -0.05) is 0 Å². The van der Waals surface area contributed by atoms with Gasteiger partial charge in [0.15, 0.2) is 0 Å². The number of benzene rings is 1. The molecule has 3 nitrogen and oxygen atoms in total. The fourth-order valence-electron chi connectivity index (χ4n) is 1.56. The lowest BCUT2D eigenvalue weighted by molar-refractivity contribution is 0.142. The highest BCUT2D eigenvalue weighted by Crippen LogP contribution is 2.40. The summed E-state index contributed by atoms with van der Waals surface area (Å²) in [5, 5.41) is 0. The maximum atomic E-state index is 5.61. The topological polar surface area (TPSA) is 27.7 Å². The maximum Gasteiger partial charge on any atom is 0.132 e. The van der Waals surface area contributed by atoms with Crippen LogP contribution in [0.3, 0.4) is 0 Å². The van der Waals surface area contributed by atoms with E-state index in [1.165, 1.54) is 0 Å². The van der Waals surface area contributed by atoms with Crippen molar-refractivity contribution >= 4 is 11.8 Å². The van der Waals surface area contributed by atoms with Crippen LogP contribution in [0.1, 0.15) is 11.0 Å². The van der Waals surface area contributed by atoms with E-state index in [1.807, 2.05) is 18.2 Å². The zero-order valence-corrected chi connectivity index (χ0v) is 9.67. The average molecular weight is 226 g/mol. The molecule has 15 heavy (non-hydrogen) atoms. The first kappa shape index (κ1) is 10.6. The summed E-state index contributed by atoms with van der Waals surface area (Å²) in [6.07, 6.45) is 0. The van der Waals surface area contributed by atoms with E-state index in [2.05, 4.69) is 0 Å². The first-order valence-electron chi connectivity index (χ1n) is 4.80. The van der Waals surface area contributed by atoms with Gasteiger partial charge in [0.1, 0.15) is 16.9 Å². The van der Waals surface area contributed by atoms with Crippen LogP contribution in [-0.2, 0) is 4.74 Å². The SMILES string of the molecule is COc1ccc(OC)c(C2OCCS2)c1. The third-order valence-electron chi connectivity index (χ3n) is 2.31. The fourth-order valence-corrected chi connectivity index (χ4v) is 2.52. The predicted molar refractivity (Wildman–Crippen MR) is 60.7 cm³/mol. The monoisotopic (exact) mass is 226 g/mol. The van der Waals surface area contributed by atoms with E-state index >= 15 is 0 Å². The van der Waals surface area contributed by atoms with Crippen molar-refractivity contribution in [3.63, 3.8) is 0 Å². The van der Waals surface area contributed by atoms with Crippen LogP contribution in [0, 0.1) is 0 Å². The van der Waals surface area contributed by atoms with E-state index in [-0.39, 0.29) is 5.44 Å². The minimum atomic E-state index is 0.0787. The Labute approximate surface area is 93.7 Å². The summed E-state index contributed by atoms with van der Waals surface area (Å²) in [6, 6.07) is 5.78. The Morgan fingerprint density at radius 1 is 1.33 bits per heavy atom. The normalized spacial score (nSPS) is 20.3. The van der Waals surface area contributed by atoms with Gasteiger partial charge in [-0.25, -0.2) is 0 Å². The van der Waals surface area contributed by atoms with Gasteiger partial charge in [-0.05, 0) is 18.2 Å². The van der Waals surface area contributed by atoms with Gasteiger partial charge in [0.2, 0.25) is 0 Å². The van der Waals surface area contributed by atoms with Crippen LogP contribution in [0.5, 0.6) is 11.5 Å². The molecule has 1 aromatic rings. The lowest BCUT2D eigenvalue weighted by Crippen LogP contribution is -1.98. The Morgan fingerprint density at radius 3 is 2.80 bits per heavy atom. The molecule has 4 heteroatoms. The molecule has 1 atom stereocenters. The van der Waals surface area contributed by atoms with E-state index in [0.717, 1.165) is 29.4 Å². The molecular formula is C11H14O3S. The number of methoxy groups -OCH3 is 2. The molecule has 0 bridgehead atoms. The molecule has 1 saturated heterocycles. The molecule has 2 rings (SSSR count). The number of hydrogen-bond acceptors (Lipinski definition) is 4. The molecule has 0 aromatic heterocycles. The quantitative estimate of drug-likeness (QED) is 0.791. The predicted octanol–water partition coefficient (Wildman–Crippen LogP) is 2.47. The van der Waals surface area contributed by atoms with Crippen molar-refractivity contribution in [2.24, 2.45) is 0 Å². The van der Waals surface area contributed by atoms with Gasteiger partial charge >= 0.3 is 0 Å². The van der Waals surface area contributed by atoms with Crippen molar-refractivity contribution < 1.29 is 14.2 Å². The summed E-state index contributed by atoms with van der Waals surface area (Å²) in [5.41, 5.74) is 1.13. The number of rotatable bonds is 3. The van der Waals surface area contributed by atoms with Crippen molar-refractivity contribution in [1.29, 1.82) is 0 Å². The highest BCUT2D eigenvalue weighted by molar-refractivity contribution is 7.99. The molecule has 0 radical (unpaired) electrons. The molecule has 1 aliphatic heterocycles. The van der Waals surface area contributed by atoms with E-state index in [9.17, 15) is 0 Å². The molecule has 1 unspecified atom stereocenters. The first-order chi connectivity index (χ1) is 7.35. The van der Waals surface area contributed by atoms with Gasteiger partial charge in [-0.3, -0.25) is 0 Å². The molecular weight excluding hydrogens is 212 g/mol. The second kappa shape index (κ2) is 4.77. The maximum absolute atomic E-state index is 5.61. The van der Waals surface area contributed by atoms with Gasteiger partial charge in [-0.2, -0.15) is 0 Å². The summed E-state index contributed by atoms with van der Waals surface area (Å²) in [5.74, 6) is 2.72. The van der Waals surface area contributed by atoms with Crippen LogP contribution in [0.15, 0.2) is 18.2 Å². The number of ether oxygens (including phenoxy) is 3. The molecule has 1 heterocycles. The van der Waals surface area contributed by atoms with E-state index < -0.39 is 0 Å². The number of thioether (sulfide) groups is 1. The van der Waals surface area contributed by atoms with Gasteiger partial charge in [-0.15, -0.1) is 11.8 Å². The summed E-state index contributed by atoms with van der Waals surface area (Å²) in [7, 11) is 3.33. The van der Waals surface area contributed by atoms with Crippen molar-refractivity contribution in [1.82, 2.24) is 0 Å². The summed E-state index contributed by atoms with van der Waals surface area (Å²) >= 11 is 1.79. The van der Waals surface area contributed by atoms with Gasteiger partial charge in [0.25, 0.3) is 0 Å². The minimum absolute atomic E-state index is 0.0787. The second-order valence-electron chi connectivity index (χ2n) is 3.18. The second-order valence-corrected chi connectivity index (χ2v) is 4.35. The summed E-state index contributed by atoms with van der Waals surface area (Å²) in [6.45, 7) is 0.801. The Morgan fingerprint density at radius 2 is 2.20 bits per heavy atom. The smallest absolute Gasteiger partial charge is 0.132 e. The zero-order valence-electron chi connectivity index (χ0n) is 8.86. The molecule has 1 aromatic carbocycles. The molecule has 0 saturated carbocycles. The van der Waals surface area contributed by atoms with Crippen molar-refractivity contribution in [2.45, 2.75) is 5.44 Å². The van der Waals surface area contributed by atoms with Gasteiger partial charge < -0.3 is 14.2 Å². The first-order valence-corrected chi connectivity index (χ1v) is 5.85. The average Bonchev–Trinajstić information content (AvgIpc) is 2.81. The van der Waals surface area contributed by atoms with E-state index in [4.69, 9.17) is 14.2 Å². The fraction of sp³-hybridized carbons (Fsp3) is 0.455.